The molecule has 2 aromatic rings. The maximum Gasteiger partial charge on any atom is 0.243 e. The van der Waals surface area contributed by atoms with E-state index in [-0.39, 0.29) is 12.5 Å². The van der Waals surface area contributed by atoms with Crippen molar-refractivity contribution in [1.82, 2.24) is 0 Å². The van der Waals surface area contributed by atoms with Gasteiger partial charge in [-0.1, -0.05) is 61.1 Å². The van der Waals surface area contributed by atoms with Crippen molar-refractivity contribution in [1.29, 1.82) is 0 Å². The summed E-state index contributed by atoms with van der Waals surface area (Å²) in [5, 5.41) is 6.61. The zero-order valence-electron chi connectivity index (χ0n) is 10.6. The topological polar surface area (TPSA) is 41.1 Å². The Hall–Kier alpha value is -0.750. The molecule has 0 saturated heterocycles. The Labute approximate surface area is 149 Å². The first kappa shape index (κ1) is 16.6. The van der Waals surface area contributed by atoms with Crippen LogP contribution in [0.15, 0.2) is 45.3 Å². The third-order valence-electron chi connectivity index (χ3n) is 2.54. The van der Waals surface area contributed by atoms with Crippen LogP contribution in [0.1, 0.15) is 0 Å². The minimum absolute atomic E-state index is 0.0631. The number of rotatable bonds is 4. The molecule has 2 rings (SSSR count). The van der Waals surface area contributed by atoms with E-state index in [1.165, 1.54) is 0 Å². The highest BCUT2D eigenvalue weighted by molar-refractivity contribution is 9.10. The average Bonchev–Trinajstić information content (AvgIpc) is 2.37. The highest BCUT2D eigenvalue weighted by atomic mass is 79.9. The summed E-state index contributed by atoms with van der Waals surface area (Å²) in [5.74, 6) is -0.192. The van der Waals surface area contributed by atoms with Gasteiger partial charge in [0.25, 0.3) is 0 Å². The standard InChI is InChI=1S/C14H10Br2Cl2N2O/c15-8-2-1-3-10(4-8)20-13(21)7-19-14-11(17)5-9(16)6-12(14)18/h1-6,19H,7H2,(H,20,21). The number of carbonyl (C=O) groups excluding carboxylic acids is 1. The summed E-state index contributed by atoms with van der Waals surface area (Å²) in [6, 6.07) is 10.8. The van der Waals surface area contributed by atoms with Crippen molar-refractivity contribution in [2.45, 2.75) is 0 Å². The molecule has 0 heterocycles. The Balaban J connectivity index is 1.99. The van der Waals surface area contributed by atoms with Crippen molar-refractivity contribution in [2.24, 2.45) is 0 Å². The molecule has 3 nitrogen and oxygen atoms in total. The molecule has 0 unspecified atom stereocenters. The van der Waals surface area contributed by atoms with Gasteiger partial charge in [0.05, 0.1) is 22.3 Å². The molecular weight excluding hydrogens is 443 g/mol. The van der Waals surface area contributed by atoms with Crippen LogP contribution in [0.4, 0.5) is 11.4 Å². The molecule has 0 aliphatic rings. The molecule has 0 aromatic heterocycles. The number of carbonyl (C=O) groups is 1. The number of nitrogens with one attached hydrogen (secondary N) is 2. The van der Waals surface area contributed by atoms with Crippen LogP contribution >= 0.6 is 55.1 Å². The summed E-state index contributed by atoms with van der Waals surface area (Å²) >= 11 is 18.8. The predicted molar refractivity (Wildman–Crippen MR) is 95.4 cm³/mol. The Morgan fingerprint density at radius 1 is 1.05 bits per heavy atom. The second-order valence-corrected chi connectivity index (χ2v) is 6.80. The van der Waals surface area contributed by atoms with Gasteiger partial charge in [-0.05, 0) is 30.3 Å². The Morgan fingerprint density at radius 3 is 2.33 bits per heavy atom. The molecule has 2 aromatic carbocycles. The van der Waals surface area contributed by atoms with E-state index in [1.54, 1.807) is 12.1 Å². The largest absolute Gasteiger partial charge is 0.374 e. The zero-order valence-corrected chi connectivity index (χ0v) is 15.3. The van der Waals surface area contributed by atoms with Gasteiger partial charge in [0, 0.05) is 14.6 Å². The van der Waals surface area contributed by atoms with Crippen LogP contribution in [0.25, 0.3) is 0 Å². The molecule has 21 heavy (non-hydrogen) atoms. The number of amides is 1. The van der Waals surface area contributed by atoms with E-state index in [4.69, 9.17) is 23.2 Å². The van der Waals surface area contributed by atoms with E-state index >= 15 is 0 Å². The van der Waals surface area contributed by atoms with E-state index in [2.05, 4.69) is 42.5 Å². The quantitative estimate of drug-likeness (QED) is 0.636. The molecule has 0 atom stereocenters. The van der Waals surface area contributed by atoms with Gasteiger partial charge in [0.1, 0.15) is 0 Å². The first-order valence-corrected chi connectivity index (χ1v) is 8.24. The fourth-order valence-electron chi connectivity index (χ4n) is 1.65. The Kier molecular flexibility index (Phi) is 5.93. The molecule has 110 valence electrons. The average molecular weight is 453 g/mol. The van der Waals surface area contributed by atoms with E-state index in [0.717, 1.165) is 8.95 Å². The normalized spacial score (nSPS) is 10.3. The van der Waals surface area contributed by atoms with Crippen molar-refractivity contribution in [2.75, 3.05) is 17.2 Å². The maximum absolute atomic E-state index is 11.9. The van der Waals surface area contributed by atoms with Gasteiger partial charge in [-0.2, -0.15) is 0 Å². The smallest absolute Gasteiger partial charge is 0.243 e. The Bertz CT molecular complexity index is 657. The van der Waals surface area contributed by atoms with E-state index in [0.29, 0.717) is 21.4 Å². The minimum Gasteiger partial charge on any atom is -0.374 e. The van der Waals surface area contributed by atoms with Gasteiger partial charge in [0.2, 0.25) is 5.91 Å². The van der Waals surface area contributed by atoms with E-state index < -0.39 is 0 Å². The van der Waals surface area contributed by atoms with Crippen molar-refractivity contribution < 1.29 is 4.79 Å². The molecule has 7 heteroatoms. The molecule has 0 saturated carbocycles. The molecule has 0 aliphatic heterocycles. The van der Waals surface area contributed by atoms with Crippen LogP contribution in [-0.2, 0) is 4.79 Å². The third-order valence-corrected chi connectivity index (χ3v) is 4.09. The SMILES string of the molecule is O=C(CNc1c(Cl)cc(Br)cc1Cl)Nc1cccc(Br)c1. The Morgan fingerprint density at radius 2 is 1.71 bits per heavy atom. The summed E-state index contributed by atoms with van der Waals surface area (Å²) in [4.78, 5) is 11.9. The summed E-state index contributed by atoms with van der Waals surface area (Å²) in [6.45, 7) is 0.0631. The maximum atomic E-state index is 11.9. The summed E-state index contributed by atoms with van der Waals surface area (Å²) in [5.41, 5.74) is 1.25. The molecule has 0 radical (unpaired) electrons. The van der Waals surface area contributed by atoms with Crippen molar-refractivity contribution in [3.63, 3.8) is 0 Å². The van der Waals surface area contributed by atoms with Gasteiger partial charge in [0.15, 0.2) is 0 Å². The first-order valence-electron chi connectivity index (χ1n) is 5.89. The van der Waals surface area contributed by atoms with Crippen molar-refractivity contribution in [3.8, 4) is 0 Å². The highest BCUT2D eigenvalue weighted by Gasteiger charge is 2.09. The lowest BCUT2D eigenvalue weighted by molar-refractivity contribution is -0.114. The van der Waals surface area contributed by atoms with Gasteiger partial charge in [-0.3, -0.25) is 4.79 Å². The number of hydrogen-bond donors (Lipinski definition) is 2. The van der Waals surface area contributed by atoms with Gasteiger partial charge in [-0.25, -0.2) is 0 Å². The predicted octanol–water partition coefficient (Wildman–Crippen LogP) is 5.57. The van der Waals surface area contributed by atoms with Crippen molar-refractivity contribution in [3.05, 3.63) is 55.4 Å². The number of anilines is 2. The van der Waals surface area contributed by atoms with Crippen LogP contribution in [0.5, 0.6) is 0 Å². The molecular formula is C14H10Br2Cl2N2O. The lowest BCUT2D eigenvalue weighted by Gasteiger charge is -2.11. The molecule has 0 spiro atoms. The van der Waals surface area contributed by atoms with Crippen LogP contribution < -0.4 is 10.6 Å². The van der Waals surface area contributed by atoms with Crippen LogP contribution in [0, 0.1) is 0 Å². The lowest BCUT2D eigenvalue weighted by Crippen LogP contribution is -2.22. The van der Waals surface area contributed by atoms with Gasteiger partial charge in [-0.15, -0.1) is 0 Å². The molecule has 0 aliphatic carbocycles. The van der Waals surface area contributed by atoms with Crippen molar-refractivity contribution >= 4 is 72.3 Å². The number of hydrogen-bond acceptors (Lipinski definition) is 2. The molecule has 0 bridgehead atoms. The third kappa shape index (κ3) is 4.88. The summed E-state index contributed by atoms with van der Waals surface area (Å²) in [7, 11) is 0. The van der Waals surface area contributed by atoms with Gasteiger partial charge >= 0.3 is 0 Å². The fourth-order valence-corrected chi connectivity index (χ4v) is 3.39. The first-order chi connectivity index (χ1) is 9.95. The second kappa shape index (κ2) is 7.49. The second-order valence-electron chi connectivity index (χ2n) is 4.16. The molecule has 1 amide bonds. The number of halogens is 4. The van der Waals surface area contributed by atoms with Crippen LogP contribution in [0.2, 0.25) is 10.0 Å². The number of benzene rings is 2. The zero-order chi connectivity index (χ0) is 15.4. The van der Waals surface area contributed by atoms with Crippen LogP contribution in [-0.4, -0.2) is 12.5 Å². The monoisotopic (exact) mass is 450 g/mol. The highest BCUT2D eigenvalue weighted by Crippen LogP contribution is 2.33. The molecule has 0 fully saturated rings. The lowest BCUT2D eigenvalue weighted by atomic mass is 10.3. The van der Waals surface area contributed by atoms with Crippen LogP contribution in [0.3, 0.4) is 0 Å². The summed E-state index contributed by atoms with van der Waals surface area (Å²) < 4.78 is 1.67. The van der Waals surface area contributed by atoms with Gasteiger partial charge < -0.3 is 10.6 Å². The van der Waals surface area contributed by atoms with E-state index in [9.17, 15) is 4.79 Å². The summed E-state index contributed by atoms with van der Waals surface area (Å²) in [6.07, 6.45) is 0. The molecule has 2 N–H and O–H groups in total. The minimum atomic E-state index is -0.192. The van der Waals surface area contributed by atoms with E-state index in [1.807, 2.05) is 24.3 Å². The fraction of sp³-hybridized carbons (Fsp3) is 0.0714.